The van der Waals surface area contributed by atoms with E-state index >= 15 is 0 Å². The molecule has 0 aliphatic heterocycles. The van der Waals surface area contributed by atoms with Crippen LogP contribution in [0.15, 0.2) is 24.3 Å². The fraction of sp³-hybridized carbons (Fsp3) is 0.286. The standard InChI is InChI=1S/C7H10NOS/c1-10-6-4-2-3-5-7(8)9/h2-5,8H,6H2,1H3. The molecule has 0 aromatic rings. The van der Waals surface area contributed by atoms with Crippen LogP contribution in [0.1, 0.15) is 0 Å². The molecule has 0 aliphatic carbocycles. The molecule has 1 amide bonds. The van der Waals surface area contributed by atoms with Gasteiger partial charge in [0, 0.05) is 11.8 Å². The third kappa shape index (κ3) is 7.30. The smallest absolute Gasteiger partial charge is 0.262 e. The molecule has 0 bridgehead atoms. The molecule has 1 N–H and O–H groups in total. The summed E-state index contributed by atoms with van der Waals surface area (Å²) in [6.07, 6.45) is 8.50. The van der Waals surface area contributed by atoms with E-state index in [9.17, 15) is 4.79 Å². The molecule has 0 saturated heterocycles. The van der Waals surface area contributed by atoms with Crippen LogP contribution >= 0.6 is 11.8 Å². The van der Waals surface area contributed by atoms with Crippen molar-refractivity contribution in [3.63, 3.8) is 0 Å². The van der Waals surface area contributed by atoms with Crippen LogP contribution in [0.5, 0.6) is 0 Å². The maximum Gasteiger partial charge on any atom is 0.262 e. The topological polar surface area (TPSA) is 40.9 Å². The van der Waals surface area contributed by atoms with Gasteiger partial charge in [-0.15, -0.1) is 0 Å². The van der Waals surface area contributed by atoms with Gasteiger partial charge in [0.15, 0.2) is 0 Å². The summed E-state index contributed by atoms with van der Waals surface area (Å²) >= 11 is 1.71. The molecule has 3 heteroatoms. The molecule has 10 heavy (non-hydrogen) atoms. The fourth-order valence-corrected chi connectivity index (χ4v) is 0.677. The predicted octanol–water partition coefficient (Wildman–Crippen LogP) is 1.27. The molecule has 0 rings (SSSR count). The van der Waals surface area contributed by atoms with E-state index in [2.05, 4.69) is 0 Å². The molecule has 0 atom stereocenters. The van der Waals surface area contributed by atoms with E-state index in [-0.39, 0.29) is 0 Å². The SMILES string of the molecule is CSCC=CC=CC([NH])=O. The Labute approximate surface area is 65.2 Å². The summed E-state index contributed by atoms with van der Waals surface area (Å²) in [6, 6.07) is 0. The van der Waals surface area contributed by atoms with Crippen LogP contribution in [0, 0.1) is 0 Å². The minimum Gasteiger partial charge on any atom is -0.268 e. The number of allylic oxidation sites excluding steroid dienone is 2. The van der Waals surface area contributed by atoms with Crippen LogP contribution in [0.25, 0.3) is 0 Å². The highest BCUT2D eigenvalue weighted by molar-refractivity contribution is 7.98. The molecule has 1 radical (unpaired) electrons. The van der Waals surface area contributed by atoms with E-state index in [4.69, 9.17) is 5.73 Å². The Balaban J connectivity index is 3.42. The number of nitrogens with one attached hydrogen (secondary N) is 1. The summed E-state index contributed by atoms with van der Waals surface area (Å²) in [4.78, 5) is 10.0. The molecule has 0 heterocycles. The van der Waals surface area contributed by atoms with E-state index < -0.39 is 5.91 Å². The molecule has 0 unspecified atom stereocenters. The van der Waals surface area contributed by atoms with Gasteiger partial charge >= 0.3 is 0 Å². The lowest BCUT2D eigenvalue weighted by molar-refractivity contribution is -0.114. The number of amides is 1. The summed E-state index contributed by atoms with van der Waals surface area (Å²) in [5.41, 5.74) is 6.49. The lowest BCUT2D eigenvalue weighted by Gasteiger charge is -1.79. The Morgan fingerprint density at radius 2 is 2.30 bits per heavy atom. The first-order valence-corrected chi connectivity index (χ1v) is 4.24. The Hall–Kier alpha value is -0.700. The van der Waals surface area contributed by atoms with Gasteiger partial charge in [-0.2, -0.15) is 11.8 Å². The first-order chi connectivity index (χ1) is 4.77. The van der Waals surface area contributed by atoms with Gasteiger partial charge in [0.05, 0.1) is 0 Å². The largest absolute Gasteiger partial charge is 0.268 e. The molecule has 0 spiro atoms. The highest BCUT2D eigenvalue weighted by atomic mass is 32.2. The zero-order valence-electron chi connectivity index (χ0n) is 5.83. The van der Waals surface area contributed by atoms with Crippen LogP contribution in [0.2, 0.25) is 0 Å². The number of rotatable bonds is 4. The van der Waals surface area contributed by atoms with Crippen molar-refractivity contribution in [2.24, 2.45) is 0 Å². The molecular formula is C7H10NOS. The number of carbonyl (C=O) groups is 1. The Bertz CT molecular complexity index is 152. The van der Waals surface area contributed by atoms with E-state index in [1.165, 1.54) is 6.08 Å². The van der Waals surface area contributed by atoms with Crippen molar-refractivity contribution in [2.75, 3.05) is 12.0 Å². The minimum absolute atomic E-state index is 0.659. The zero-order chi connectivity index (χ0) is 7.82. The van der Waals surface area contributed by atoms with Gasteiger partial charge in [-0.05, 0) is 6.26 Å². The maximum atomic E-state index is 10.0. The summed E-state index contributed by atoms with van der Waals surface area (Å²) in [7, 11) is 0. The lowest BCUT2D eigenvalue weighted by atomic mass is 10.4. The molecule has 0 aromatic heterocycles. The normalized spacial score (nSPS) is 11.3. The van der Waals surface area contributed by atoms with Crippen LogP contribution in [0.3, 0.4) is 0 Å². The highest BCUT2D eigenvalue weighted by Crippen LogP contribution is 1.90. The second kappa shape index (κ2) is 6.42. The summed E-state index contributed by atoms with van der Waals surface area (Å²) < 4.78 is 0. The van der Waals surface area contributed by atoms with Gasteiger partial charge in [0.1, 0.15) is 0 Å². The summed E-state index contributed by atoms with van der Waals surface area (Å²) in [5, 5.41) is 0. The molecule has 0 aromatic carbocycles. The fourth-order valence-electron chi connectivity index (χ4n) is 0.373. The van der Waals surface area contributed by atoms with Gasteiger partial charge < -0.3 is 0 Å². The molecule has 55 valence electrons. The average Bonchev–Trinajstić information content (AvgIpc) is 1.87. The van der Waals surface area contributed by atoms with Gasteiger partial charge in [0.25, 0.3) is 5.91 Å². The predicted molar refractivity (Wildman–Crippen MR) is 44.8 cm³/mol. The van der Waals surface area contributed by atoms with Crippen molar-refractivity contribution < 1.29 is 4.79 Å². The van der Waals surface area contributed by atoms with Gasteiger partial charge in [-0.25, -0.2) is 0 Å². The van der Waals surface area contributed by atoms with Crippen LogP contribution < -0.4 is 5.73 Å². The third-order valence-electron chi connectivity index (χ3n) is 0.758. The van der Waals surface area contributed by atoms with Crippen LogP contribution in [-0.4, -0.2) is 17.9 Å². The van der Waals surface area contributed by atoms with Crippen molar-refractivity contribution in [2.45, 2.75) is 0 Å². The van der Waals surface area contributed by atoms with E-state index in [1.54, 1.807) is 23.9 Å². The Morgan fingerprint density at radius 3 is 2.80 bits per heavy atom. The van der Waals surface area contributed by atoms with Crippen molar-refractivity contribution in [1.29, 1.82) is 0 Å². The Morgan fingerprint density at radius 1 is 1.60 bits per heavy atom. The molecule has 2 nitrogen and oxygen atoms in total. The second-order valence-corrected chi connectivity index (χ2v) is 2.52. The third-order valence-corrected chi connectivity index (χ3v) is 1.28. The number of hydrogen-bond donors (Lipinski definition) is 0. The monoisotopic (exact) mass is 156 g/mol. The van der Waals surface area contributed by atoms with Crippen LogP contribution in [0.4, 0.5) is 0 Å². The van der Waals surface area contributed by atoms with Crippen molar-refractivity contribution in [3.05, 3.63) is 24.3 Å². The first-order valence-electron chi connectivity index (χ1n) is 2.85. The molecular weight excluding hydrogens is 146 g/mol. The lowest BCUT2D eigenvalue weighted by Crippen LogP contribution is -1.88. The number of thioether (sulfide) groups is 1. The van der Waals surface area contributed by atoms with E-state index in [0.29, 0.717) is 0 Å². The minimum atomic E-state index is -0.659. The number of hydrogen-bond acceptors (Lipinski definition) is 2. The van der Waals surface area contributed by atoms with Crippen LogP contribution in [-0.2, 0) is 4.79 Å². The molecule has 0 fully saturated rings. The maximum absolute atomic E-state index is 10.0. The van der Waals surface area contributed by atoms with Crippen molar-refractivity contribution in [1.82, 2.24) is 5.73 Å². The van der Waals surface area contributed by atoms with E-state index in [1.807, 2.05) is 12.3 Å². The highest BCUT2D eigenvalue weighted by Gasteiger charge is 1.78. The van der Waals surface area contributed by atoms with Crippen molar-refractivity contribution in [3.8, 4) is 0 Å². The zero-order valence-corrected chi connectivity index (χ0v) is 6.65. The Kier molecular flexibility index (Phi) is 5.97. The summed E-state index contributed by atoms with van der Waals surface area (Å²) in [5.74, 6) is 0.282. The second-order valence-electron chi connectivity index (χ2n) is 1.61. The molecule has 0 aliphatic rings. The molecule has 0 saturated carbocycles. The van der Waals surface area contributed by atoms with Crippen molar-refractivity contribution >= 4 is 17.7 Å². The van der Waals surface area contributed by atoms with Gasteiger partial charge in [0.2, 0.25) is 0 Å². The quantitative estimate of drug-likeness (QED) is 0.454. The average molecular weight is 156 g/mol. The summed E-state index contributed by atoms with van der Waals surface area (Å²) in [6.45, 7) is 0. The first kappa shape index (κ1) is 9.30. The van der Waals surface area contributed by atoms with Gasteiger partial charge in [-0.1, -0.05) is 18.2 Å². The number of carbonyl (C=O) groups excluding carboxylic acids is 1. The van der Waals surface area contributed by atoms with E-state index in [0.717, 1.165) is 5.75 Å². The van der Waals surface area contributed by atoms with Gasteiger partial charge in [-0.3, -0.25) is 10.5 Å².